The lowest BCUT2D eigenvalue weighted by Crippen LogP contribution is -2.45. The van der Waals surface area contributed by atoms with Gasteiger partial charge in [-0.3, -0.25) is 9.59 Å². The predicted molar refractivity (Wildman–Crippen MR) is 124 cm³/mol. The molecule has 0 spiro atoms. The van der Waals surface area contributed by atoms with Crippen LogP contribution in [0.1, 0.15) is 22.6 Å². The van der Waals surface area contributed by atoms with Crippen LogP contribution in [0.5, 0.6) is 5.75 Å². The first-order chi connectivity index (χ1) is 15.2. The number of nitrogens with zero attached hydrogens (tertiary/aromatic N) is 2. The molecule has 0 N–H and O–H groups in total. The standard InChI is InChI=1S/C24H26N2O3S2/c27-23(18-29-20-6-2-1-3-7-20)25-12-10-19(11-13-25)24(28)26(16-21-8-4-14-30-21)17-22-9-5-15-31-22/h1-9,14-15,19H,10-13,16-18H2. The van der Waals surface area contributed by atoms with Crippen molar-refractivity contribution in [3.05, 3.63) is 75.1 Å². The second-order valence-electron chi connectivity index (χ2n) is 7.61. The Hall–Kier alpha value is -2.64. The summed E-state index contributed by atoms with van der Waals surface area (Å²) in [6.45, 7) is 2.50. The summed E-state index contributed by atoms with van der Waals surface area (Å²) < 4.78 is 5.59. The van der Waals surface area contributed by atoms with E-state index in [2.05, 4.69) is 12.1 Å². The normalized spacial score (nSPS) is 14.4. The summed E-state index contributed by atoms with van der Waals surface area (Å²) in [6.07, 6.45) is 1.39. The van der Waals surface area contributed by atoms with Crippen molar-refractivity contribution in [2.75, 3.05) is 19.7 Å². The van der Waals surface area contributed by atoms with Crippen molar-refractivity contribution in [2.24, 2.45) is 5.92 Å². The molecule has 31 heavy (non-hydrogen) atoms. The van der Waals surface area contributed by atoms with Crippen molar-refractivity contribution < 1.29 is 14.3 Å². The maximum atomic E-state index is 13.3. The molecule has 0 aliphatic carbocycles. The molecule has 162 valence electrons. The largest absolute Gasteiger partial charge is 0.484 e. The number of hydrogen-bond donors (Lipinski definition) is 0. The highest BCUT2D eigenvalue weighted by Crippen LogP contribution is 2.24. The Bertz CT molecular complexity index is 914. The minimum absolute atomic E-state index is 0.0243. The number of para-hydroxylation sites is 1. The number of hydrogen-bond acceptors (Lipinski definition) is 5. The van der Waals surface area contributed by atoms with E-state index in [9.17, 15) is 9.59 Å². The Kier molecular flexibility index (Phi) is 7.38. The zero-order valence-corrected chi connectivity index (χ0v) is 18.9. The van der Waals surface area contributed by atoms with E-state index in [1.165, 1.54) is 9.75 Å². The molecule has 0 saturated carbocycles. The number of benzene rings is 1. The van der Waals surface area contributed by atoms with Gasteiger partial charge in [-0.05, 0) is 47.9 Å². The molecule has 1 fully saturated rings. The Morgan fingerprint density at radius 1 is 0.903 bits per heavy atom. The molecule has 1 aliphatic rings. The molecule has 3 heterocycles. The van der Waals surface area contributed by atoms with Gasteiger partial charge in [-0.15, -0.1) is 22.7 Å². The summed E-state index contributed by atoms with van der Waals surface area (Å²) in [4.78, 5) is 32.0. The van der Waals surface area contributed by atoms with Crippen LogP contribution in [0.4, 0.5) is 0 Å². The molecule has 1 saturated heterocycles. The third kappa shape index (κ3) is 5.95. The summed E-state index contributed by atoms with van der Waals surface area (Å²) >= 11 is 3.36. The van der Waals surface area contributed by atoms with E-state index in [0.29, 0.717) is 44.8 Å². The van der Waals surface area contributed by atoms with Gasteiger partial charge in [0.2, 0.25) is 5.91 Å². The fraction of sp³-hybridized carbons (Fsp3) is 0.333. The van der Waals surface area contributed by atoms with Crippen LogP contribution in [0.3, 0.4) is 0 Å². The minimum atomic E-state index is -0.0426. The SMILES string of the molecule is O=C(COc1ccccc1)N1CCC(C(=O)N(Cc2cccs2)Cc2cccs2)CC1. The summed E-state index contributed by atoms with van der Waals surface area (Å²) in [5.74, 6) is 0.816. The summed E-state index contributed by atoms with van der Waals surface area (Å²) in [7, 11) is 0. The van der Waals surface area contributed by atoms with E-state index in [0.717, 1.165) is 0 Å². The van der Waals surface area contributed by atoms with Crippen LogP contribution in [-0.4, -0.2) is 41.3 Å². The quantitative estimate of drug-likeness (QED) is 0.498. The van der Waals surface area contributed by atoms with E-state index >= 15 is 0 Å². The second kappa shape index (κ2) is 10.6. The molecule has 1 aliphatic heterocycles. The van der Waals surface area contributed by atoms with Crippen LogP contribution in [0, 0.1) is 5.92 Å². The van der Waals surface area contributed by atoms with Gasteiger partial charge in [0.25, 0.3) is 5.91 Å². The van der Waals surface area contributed by atoms with E-state index < -0.39 is 0 Å². The first-order valence-electron chi connectivity index (χ1n) is 10.5. The molecule has 4 rings (SSSR count). The van der Waals surface area contributed by atoms with E-state index in [4.69, 9.17) is 4.74 Å². The van der Waals surface area contributed by atoms with E-state index in [1.807, 2.05) is 63.0 Å². The van der Waals surface area contributed by atoms with Crippen LogP contribution < -0.4 is 4.74 Å². The van der Waals surface area contributed by atoms with Gasteiger partial charge in [-0.25, -0.2) is 0 Å². The summed E-state index contributed by atoms with van der Waals surface area (Å²) in [6, 6.07) is 17.6. The fourth-order valence-corrected chi connectivity index (χ4v) is 5.22. The summed E-state index contributed by atoms with van der Waals surface area (Å²) in [5.41, 5.74) is 0. The Balaban J connectivity index is 1.31. The number of rotatable bonds is 8. The molecular weight excluding hydrogens is 428 g/mol. The van der Waals surface area contributed by atoms with Crippen LogP contribution in [0.15, 0.2) is 65.4 Å². The van der Waals surface area contributed by atoms with Crippen LogP contribution in [-0.2, 0) is 22.7 Å². The number of piperidine rings is 1. The number of amides is 2. The number of thiophene rings is 2. The molecule has 7 heteroatoms. The first kappa shape index (κ1) is 21.6. The average Bonchev–Trinajstić information content (AvgIpc) is 3.52. The molecule has 0 unspecified atom stereocenters. The van der Waals surface area contributed by atoms with E-state index in [-0.39, 0.29) is 24.3 Å². The Morgan fingerprint density at radius 2 is 1.52 bits per heavy atom. The highest BCUT2D eigenvalue weighted by atomic mass is 32.1. The van der Waals surface area contributed by atoms with Gasteiger partial charge < -0.3 is 14.5 Å². The Labute approximate surface area is 190 Å². The molecular formula is C24H26N2O3S2. The smallest absolute Gasteiger partial charge is 0.260 e. The van der Waals surface area contributed by atoms with Crippen LogP contribution in [0.2, 0.25) is 0 Å². The molecule has 5 nitrogen and oxygen atoms in total. The lowest BCUT2D eigenvalue weighted by molar-refractivity contribution is -0.142. The number of carbonyl (C=O) groups excluding carboxylic acids is 2. The topological polar surface area (TPSA) is 49.9 Å². The van der Waals surface area contributed by atoms with Crippen molar-refractivity contribution >= 4 is 34.5 Å². The third-order valence-corrected chi connectivity index (χ3v) is 7.19. The van der Waals surface area contributed by atoms with Gasteiger partial charge >= 0.3 is 0 Å². The monoisotopic (exact) mass is 454 g/mol. The van der Waals surface area contributed by atoms with Crippen molar-refractivity contribution in [2.45, 2.75) is 25.9 Å². The van der Waals surface area contributed by atoms with Crippen molar-refractivity contribution in [1.29, 1.82) is 0 Å². The zero-order valence-electron chi connectivity index (χ0n) is 17.3. The average molecular weight is 455 g/mol. The second-order valence-corrected chi connectivity index (χ2v) is 9.67. The van der Waals surface area contributed by atoms with Gasteiger partial charge in [0.05, 0.1) is 13.1 Å². The molecule has 0 radical (unpaired) electrons. The highest BCUT2D eigenvalue weighted by molar-refractivity contribution is 7.10. The molecule has 2 amide bonds. The van der Waals surface area contributed by atoms with Gasteiger partial charge in [0, 0.05) is 28.8 Å². The number of ether oxygens (including phenoxy) is 1. The molecule has 2 aromatic heterocycles. The van der Waals surface area contributed by atoms with Crippen LogP contribution in [0.25, 0.3) is 0 Å². The molecule has 1 aromatic carbocycles. The fourth-order valence-electron chi connectivity index (χ4n) is 3.78. The minimum Gasteiger partial charge on any atom is -0.484 e. The molecule has 0 atom stereocenters. The van der Waals surface area contributed by atoms with E-state index in [1.54, 1.807) is 22.7 Å². The first-order valence-corrected chi connectivity index (χ1v) is 12.2. The van der Waals surface area contributed by atoms with Crippen LogP contribution >= 0.6 is 22.7 Å². The van der Waals surface area contributed by atoms with Gasteiger partial charge in [0.1, 0.15) is 5.75 Å². The zero-order chi connectivity index (χ0) is 21.5. The number of likely N-dealkylation sites (tertiary alicyclic amines) is 1. The maximum absolute atomic E-state index is 13.3. The Morgan fingerprint density at radius 3 is 2.06 bits per heavy atom. The van der Waals surface area contributed by atoms with Gasteiger partial charge in [0.15, 0.2) is 6.61 Å². The lowest BCUT2D eigenvalue weighted by Gasteiger charge is -2.34. The number of carbonyl (C=O) groups is 2. The summed E-state index contributed by atoms with van der Waals surface area (Å²) in [5, 5.41) is 4.09. The van der Waals surface area contributed by atoms with Crippen molar-refractivity contribution in [1.82, 2.24) is 9.80 Å². The van der Waals surface area contributed by atoms with Gasteiger partial charge in [-0.1, -0.05) is 30.3 Å². The lowest BCUT2D eigenvalue weighted by atomic mass is 9.95. The van der Waals surface area contributed by atoms with Gasteiger partial charge in [-0.2, -0.15) is 0 Å². The van der Waals surface area contributed by atoms with Crippen molar-refractivity contribution in [3.63, 3.8) is 0 Å². The highest BCUT2D eigenvalue weighted by Gasteiger charge is 2.30. The predicted octanol–water partition coefficient (Wildman–Crippen LogP) is 4.66. The van der Waals surface area contributed by atoms with Crippen molar-refractivity contribution in [3.8, 4) is 5.75 Å². The molecule has 0 bridgehead atoms. The maximum Gasteiger partial charge on any atom is 0.260 e. The third-order valence-electron chi connectivity index (χ3n) is 5.47. The molecule has 3 aromatic rings.